The fourth-order valence-corrected chi connectivity index (χ4v) is 4.07. The first-order chi connectivity index (χ1) is 17.1. The quantitative estimate of drug-likeness (QED) is 0.249. The van der Waals surface area contributed by atoms with Crippen molar-refractivity contribution in [1.82, 2.24) is 0 Å². The van der Waals surface area contributed by atoms with Crippen molar-refractivity contribution < 1.29 is 19.0 Å². The lowest BCUT2D eigenvalue weighted by atomic mass is 9.99. The minimum atomic E-state index is 0.105. The van der Waals surface area contributed by atoms with Crippen LogP contribution in [0, 0.1) is 0 Å². The van der Waals surface area contributed by atoms with E-state index in [0.717, 1.165) is 33.8 Å². The van der Waals surface area contributed by atoms with Gasteiger partial charge in [0.2, 0.25) is 5.88 Å². The summed E-state index contributed by atoms with van der Waals surface area (Å²) in [5.41, 5.74) is 4.69. The highest BCUT2D eigenvalue weighted by molar-refractivity contribution is 6.30. The molecule has 0 atom stereocenters. The molecule has 0 saturated carbocycles. The lowest BCUT2D eigenvalue weighted by Crippen LogP contribution is -1.85. The Bertz CT molecular complexity index is 1500. The van der Waals surface area contributed by atoms with Crippen molar-refractivity contribution >= 4 is 34.7 Å². The van der Waals surface area contributed by atoms with Gasteiger partial charge in [-0.05, 0) is 82.9 Å². The molecular formula is C29H22ClNO4. The summed E-state index contributed by atoms with van der Waals surface area (Å²) in [6.07, 6.45) is 1.72. The topological polar surface area (TPSA) is 64.2 Å². The molecule has 174 valence electrons. The molecule has 0 saturated heterocycles. The van der Waals surface area contributed by atoms with E-state index >= 15 is 0 Å². The van der Waals surface area contributed by atoms with Crippen molar-refractivity contribution in [1.29, 1.82) is 0 Å². The smallest absolute Gasteiger partial charge is 0.228 e. The summed E-state index contributed by atoms with van der Waals surface area (Å²) in [4.78, 5) is 4.65. The molecule has 5 rings (SSSR count). The van der Waals surface area contributed by atoms with Gasteiger partial charge < -0.3 is 19.0 Å². The molecule has 0 aliphatic carbocycles. The standard InChI is InChI=1S/C29H22ClNO4/c1-33-23-11-3-18(4-12-23)17-31-29-27(20-7-13-24(34-2)14-8-20)28-25(32)15-21(16-26(28)35-29)19-5-9-22(30)10-6-19/h3-17,32H,1-2H3. The van der Waals surface area contributed by atoms with Gasteiger partial charge in [-0.25, -0.2) is 4.99 Å². The van der Waals surface area contributed by atoms with Gasteiger partial charge >= 0.3 is 0 Å². The van der Waals surface area contributed by atoms with E-state index in [2.05, 4.69) is 4.99 Å². The minimum Gasteiger partial charge on any atom is -0.507 e. The molecule has 0 amide bonds. The Hall–Kier alpha value is -4.22. The van der Waals surface area contributed by atoms with Crippen molar-refractivity contribution in [2.24, 2.45) is 4.99 Å². The van der Waals surface area contributed by atoms with Crippen molar-refractivity contribution in [3.63, 3.8) is 0 Å². The molecule has 1 heterocycles. The SMILES string of the molecule is COc1ccc(C=Nc2oc3cc(-c4ccc(Cl)cc4)cc(O)c3c2-c2ccc(OC)cc2)cc1. The van der Waals surface area contributed by atoms with Crippen LogP contribution in [0.3, 0.4) is 0 Å². The van der Waals surface area contributed by atoms with E-state index in [1.54, 1.807) is 26.5 Å². The molecule has 0 fully saturated rings. The van der Waals surface area contributed by atoms with Gasteiger partial charge in [-0.15, -0.1) is 0 Å². The van der Waals surface area contributed by atoms with Gasteiger partial charge in [0.25, 0.3) is 0 Å². The zero-order valence-electron chi connectivity index (χ0n) is 19.2. The number of hydrogen-bond donors (Lipinski definition) is 1. The van der Waals surface area contributed by atoms with Gasteiger partial charge in [-0.3, -0.25) is 0 Å². The van der Waals surface area contributed by atoms with Crippen LogP contribution in [0.1, 0.15) is 5.56 Å². The number of aliphatic imine (C=N–C) groups is 1. The predicted octanol–water partition coefficient (Wildman–Crippen LogP) is 7.89. The highest BCUT2D eigenvalue weighted by Crippen LogP contribution is 2.46. The van der Waals surface area contributed by atoms with E-state index in [9.17, 15) is 5.11 Å². The number of methoxy groups -OCH3 is 2. The van der Waals surface area contributed by atoms with Gasteiger partial charge in [0.15, 0.2) is 0 Å². The molecule has 35 heavy (non-hydrogen) atoms. The number of rotatable bonds is 6. The number of aromatic hydroxyl groups is 1. The first kappa shape index (κ1) is 22.6. The van der Waals surface area contributed by atoms with Crippen LogP contribution in [0.2, 0.25) is 5.02 Å². The van der Waals surface area contributed by atoms with Crippen molar-refractivity contribution in [2.45, 2.75) is 0 Å². The summed E-state index contributed by atoms with van der Waals surface area (Å²) in [6, 6.07) is 26.2. The summed E-state index contributed by atoms with van der Waals surface area (Å²) >= 11 is 6.04. The van der Waals surface area contributed by atoms with Crippen LogP contribution >= 0.6 is 11.6 Å². The van der Waals surface area contributed by atoms with Crippen molar-refractivity contribution in [2.75, 3.05) is 14.2 Å². The maximum absolute atomic E-state index is 11.1. The van der Waals surface area contributed by atoms with Gasteiger partial charge in [0.05, 0.1) is 25.2 Å². The molecule has 0 unspecified atom stereocenters. The van der Waals surface area contributed by atoms with E-state index in [1.807, 2.05) is 78.9 Å². The Morgan fingerprint density at radius 1 is 0.771 bits per heavy atom. The molecule has 0 aliphatic heterocycles. The number of nitrogens with zero attached hydrogens (tertiary/aromatic N) is 1. The maximum Gasteiger partial charge on any atom is 0.228 e. The van der Waals surface area contributed by atoms with Crippen LogP contribution in [-0.4, -0.2) is 25.5 Å². The van der Waals surface area contributed by atoms with Crippen LogP contribution in [0.5, 0.6) is 17.2 Å². The molecule has 5 nitrogen and oxygen atoms in total. The summed E-state index contributed by atoms with van der Waals surface area (Å²) < 4.78 is 16.7. The summed E-state index contributed by atoms with van der Waals surface area (Å²) in [5.74, 6) is 2.00. The largest absolute Gasteiger partial charge is 0.507 e. The third-order valence-electron chi connectivity index (χ3n) is 5.75. The first-order valence-corrected chi connectivity index (χ1v) is 11.3. The average molecular weight is 484 g/mol. The monoisotopic (exact) mass is 483 g/mol. The fourth-order valence-electron chi connectivity index (χ4n) is 3.94. The number of furan rings is 1. The molecule has 1 aromatic heterocycles. The zero-order valence-corrected chi connectivity index (χ0v) is 19.9. The Balaban J connectivity index is 1.66. The van der Waals surface area contributed by atoms with Crippen LogP contribution in [-0.2, 0) is 0 Å². The number of halogens is 1. The van der Waals surface area contributed by atoms with E-state index < -0.39 is 0 Å². The summed E-state index contributed by atoms with van der Waals surface area (Å²) in [5, 5.41) is 12.3. The molecule has 6 heteroatoms. The Morgan fingerprint density at radius 2 is 1.37 bits per heavy atom. The number of fused-ring (bicyclic) bond motifs is 1. The van der Waals surface area contributed by atoms with E-state index in [1.165, 1.54) is 0 Å². The highest BCUT2D eigenvalue weighted by Gasteiger charge is 2.20. The lowest BCUT2D eigenvalue weighted by Gasteiger charge is -2.06. The number of phenols is 1. The van der Waals surface area contributed by atoms with Gasteiger partial charge in [-0.2, -0.15) is 0 Å². The van der Waals surface area contributed by atoms with Crippen LogP contribution in [0.4, 0.5) is 5.88 Å². The second kappa shape index (κ2) is 9.57. The van der Waals surface area contributed by atoms with Gasteiger partial charge in [0.1, 0.15) is 22.8 Å². The average Bonchev–Trinajstić information content (AvgIpc) is 3.27. The molecule has 0 aliphatic rings. The second-order valence-corrected chi connectivity index (χ2v) is 8.35. The summed E-state index contributed by atoms with van der Waals surface area (Å²) in [6.45, 7) is 0. The fraction of sp³-hybridized carbons (Fsp3) is 0.0690. The van der Waals surface area contributed by atoms with Crippen LogP contribution < -0.4 is 9.47 Å². The lowest BCUT2D eigenvalue weighted by molar-refractivity contribution is 0.414. The van der Waals surface area contributed by atoms with Crippen molar-refractivity contribution in [3.8, 4) is 39.5 Å². The molecule has 5 aromatic rings. The third kappa shape index (κ3) is 4.59. The number of ether oxygens (including phenoxy) is 2. The molecular weight excluding hydrogens is 462 g/mol. The van der Waals surface area contributed by atoms with Crippen molar-refractivity contribution in [3.05, 3.63) is 95.5 Å². The summed E-state index contributed by atoms with van der Waals surface area (Å²) in [7, 11) is 3.25. The Kier molecular flexibility index (Phi) is 6.17. The van der Waals surface area contributed by atoms with Crippen LogP contribution in [0.25, 0.3) is 33.2 Å². The molecule has 0 spiro atoms. The Labute approximate surface area is 207 Å². The number of hydrogen-bond acceptors (Lipinski definition) is 5. The van der Waals surface area contributed by atoms with E-state index in [4.69, 9.17) is 25.5 Å². The Morgan fingerprint density at radius 3 is 2.00 bits per heavy atom. The van der Waals surface area contributed by atoms with Crippen LogP contribution in [0.15, 0.2) is 94.3 Å². The first-order valence-electron chi connectivity index (χ1n) is 10.9. The molecule has 0 bridgehead atoms. The zero-order chi connectivity index (χ0) is 24.4. The second-order valence-electron chi connectivity index (χ2n) is 7.92. The number of phenolic OH excluding ortho intramolecular Hbond substituents is 1. The third-order valence-corrected chi connectivity index (χ3v) is 6.01. The predicted molar refractivity (Wildman–Crippen MR) is 141 cm³/mol. The molecule has 1 N–H and O–H groups in total. The normalized spacial score (nSPS) is 11.3. The van der Waals surface area contributed by atoms with Gasteiger partial charge in [-0.1, -0.05) is 35.9 Å². The molecule has 0 radical (unpaired) electrons. The number of benzene rings is 4. The minimum absolute atomic E-state index is 0.105. The molecule has 4 aromatic carbocycles. The van der Waals surface area contributed by atoms with E-state index in [-0.39, 0.29) is 5.75 Å². The van der Waals surface area contributed by atoms with E-state index in [0.29, 0.717) is 27.4 Å². The van der Waals surface area contributed by atoms with Gasteiger partial charge in [0, 0.05) is 11.2 Å². The highest BCUT2D eigenvalue weighted by atomic mass is 35.5. The maximum atomic E-state index is 11.1.